The molecule has 0 amide bonds. The lowest BCUT2D eigenvalue weighted by Crippen LogP contribution is -2.39. The Labute approximate surface area is 184 Å². The van der Waals surface area contributed by atoms with Crippen molar-refractivity contribution < 1.29 is 8.42 Å². The smallest absolute Gasteiger partial charge is 0.238 e. The molecule has 2 aromatic carbocycles. The first kappa shape index (κ1) is 20.5. The summed E-state index contributed by atoms with van der Waals surface area (Å²) in [6, 6.07) is 14.3. The van der Waals surface area contributed by atoms with Crippen molar-refractivity contribution in [3.8, 4) is 0 Å². The lowest BCUT2D eigenvalue weighted by Gasteiger charge is -2.33. The van der Waals surface area contributed by atoms with Crippen LogP contribution < -0.4 is 10.5 Å². The minimum atomic E-state index is -3.74. The Morgan fingerprint density at radius 2 is 2.03 bits per heavy atom. The number of aromatic nitrogens is 1. The van der Waals surface area contributed by atoms with Crippen molar-refractivity contribution in [2.45, 2.75) is 49.1 Å². The molecule has 2 aliphatic rings. The average molecular weight is 439 g/mol. The van der Waals surface area contributed by atoms with Crippen molar-refractivity contribution in [2.24, 2.45) is 12.2 Å². The standard InChI is InChI=1S/C24H30N4O2S/c1-17-6-5-12-28(17)13-11-24(21-16-27(2)23-8-4-3-7-20(21)23)15-18-9-10-19(31(25,29)30)14-22(18)26-24/h3-4,7-10,14,16-17,26H,5-6,11-13,15H2,1-2H3,(H2,25,29,30)/t17-,24?/m0/s1. The number of primary sulfonamides is 1. The first-order chi connectivity index (χ1) is 14.8. The van der Waals surface area contributed by atoms with Crippen LogP contribution in [0.5, 0.6) is 0 Å². The monoisotopic (exact) mass is 438 g/mol. The molecule has 7 heteroatoms. The van der Waals surface area contributed by atoms with Crippen LogP contribution in [-0.2, 0) is 29.0 Å². The van der Waals surface area contributed by atoms with Gasteiger partial charge in [0.25, 0.3) is 0 Å². The van der Waals surface area contributed by atoms with Gasteiger partial charge in [0.05, 0.1) is 10.4 Å². The summed E-state index contributed by atoms with van der Waals surface area (Å²) in [6.45, 7) is 4.47. The quantitative estimate of drug-likeness (QED) is 0.638. The van der Waals surface area contributed by atoms with Gasteiger partial charge < -0.3 is 14.8 Å². The number of hydrogen-bond donors (Lipinski definition) is 2. The highest BCUT2D eigenvalue weighted by atomic mass is 32.2. The molecule has 2 atom stereocenters. The van der Waals surface area contributed by atoms with E-state index in [-0.39, 0.29) is 10.4 Å². The van der Waals surface area contributed by atoms with E-state index in [0.29, 0.717) is 6.04 Å². The van der Waals surface area contributed by atoms with Crippen LogP contribution in [0.25, 0.3) is 10.9 Å². The van der Waals surface area contributed by atoms with E-state index in [1.165, 1.54) is 29.3 Å². The molecule has 0 spiro atoms. The zero-order valence-electron chi connectivity index (χ0n) is 18.1. The fraction of sp³-hybridized carbons (Fsp3) is 0.417. The molecule has 164 valence electrons. The molecule has 6 nitrogen and oxygen atoms in total. The van der Waals surface area contributed by atoms with Gasteiger partial charge in [-0.1, -0.05) is 24.3 Å². The zero-order chi connectivity index (χ0) is 21.8. The van der Waals surface area contributed by atoms with Gasteiger partial charge in [-0.15, -0.1) is 0 Å². The maximum Gasteiger partial charge on any atom is 0.238 e. The zero-order valence-corrected chi connectivity index (χ0v) is 19.0. The first-order valence-electron chi connectivity index (χ1n) is 11.0. The maximum absolute atomic E-state index is 11.9. The molecule has 0 bridgehead atoms. The van der Waals surface area contributed by atoms with Gasteiger partial charge in [-0.05, 0) is 56.5 Å². The Kier molecular flexibility index (Phi) is 4.88. The molecule has 5 rings (SSSR count). The van der Waals surface area contributed by atoms with E-state index in [2.05, 4.69) is 59.2 Å². The molecule has 0 saturated carbocycles. The molecule has 1 aromatic heterocycles. The summed E-state index contributed by atoms with van der Waals surface area (Å²) >= 11 is 0. The molecule has 1 saturated heterocycles. The maximum atomic E-state index is 11.9. The molecule has 0 radical (unpaired) electrons. The van der Waals surface area contributed by atoms with Crippen molar-refractivity contribution >= 4 is 26.6 Å². The Hall–Kier alpha value is -2.35. The lowest BCUT2D eigenvalue weighted by molar-refractivity contribution is 0.242. The molecule has 3 aromatic rings. The third-order valence-corrected chi connectivity index (χ3v) is 8.12. The van der Waals surface area contributed by atoms with Gasteiger partial charge in [-0.25, -0.2) is 13.6 Å². The third kappa shape index (κ3) is 3.54. The molecule has 31 heavy (non-hydrogen) atoms. The summed E-state index contributed by atoms with van der Waals surface area (Å²) in [5.41, 5.74) is 4.19. The molecular weight excluding hydrogens is 408 g/mol. The second-order valence-electron chi connectivity index (χ2n) is 9.20. The summed E-state index contributed by atoms with van der Waals surface area (Å²) in [6.07, 6.45) is 6.52. The average Bonchev–Trinajstić information content (AvgIpc) is 3.41. The Morgan fingerprint density at radius 1 is 1.23 bits per heavy atom. The fourth-order valence-electron chi connectivity index (χ4n) is 5.46. The van der Waals surface area contributed by atoms with Crippen molar-refractivity contribution in [3.63, 3.8) is 0 Å². The number of nitrogens with zero attached hydrogens (tertiary/aromatic N) is 2. The van der Waals surface area contributed by atoms with Crippen LogP contribution in [0.15, 0.2) is 53.6 Å². The van der Waals surface area contributed by atoms with E-state index >= 15 is 0 Å². The summed E-state index contributed by atoms with van der Waals surface area (Å²) < 4.78 is 26.0. The van der Waals surface area contributed by atoms with Crippen LogP contribution >= 0.6 is 0 Å². The van der Waals surface area contributed by atoms with E-state index in [1.54, 1.807) is 12.1 Å². The van der Waals surface area contributed by atoms with Crippen molar-refractivity contribution in [2.75, 3.05) is 18.4 Å². The largest absolute Gasteiger partial charge is 0.375 e. The number of para-hydroxylation sites is 1. The van der Waals surface area contributed by atoms with Crippen LogP contribution in [0.1, 0.15) is 37.3 Å². The Bertz CT molecular complexity index is 1250. The third-order valence-electron chi connectivity index (χ3n) is 7.20. The van der Waals surface area contributed by atoms with Crippen molar-refractivity contribution in [3.05, 3.63) is 59.8 Å². The van der Waals surface area contributed by atoms with E-state index in [4.69, 9.17) is 5.14 Å². The van der Waals surface area contributed by atoms with Crippen LogP contribution in [0.3, 0.4) is 0 Å². The topological polar surface area (TPSA) is 80.4 Å². The number of nitrogens with one attached hydrogen (secondary N) is 1. The number of nitrogens with two attached hydrogens (primary N) is 1. The van der Waals surface area contributed by atoms with Gasteiger partial charge >= 0.3 is 0 Å². The second-order valence-corrected chi connectivity index (χ2v) is 10.8. The van der Waals surface area contributed by atoms with Crippen molar-refractivity contribution in [1.29, 1.82) is 0 Å². The fourth-order valence-corrected chi connectivity index (χ4v) is 6.00. The highest BCUT2D eigenvalue weighted by Crippen LogP contribution is 2.45. The van der Waals surface area contributed by atoms with Crippen LogP contribution in [0.4, 0.5) is 5.69 Å². The minimum Gasteiger partial charge on any atom is -0.375 e. The van der Waals surface area contributed by atoms with Gasteiger partial charge in [0.1, 0.15) is 0 Å². The molecular formula is C24H30N4O2S. The number of fused-ring (bicyclic) bond motifs is 2. The van der Waals surface area contributed by atoms with E-state index in [9.17, 15) is 8.42 Å². The molecule has 2 aliphatic heterocycles. The predicted molar refractivity (Wildman–Crippen MR) is 125 cm³/mol. The Balaban J connectivity index is 1.58. The summed E-state index contributed by atoms with van der Waals surface area (Å²) in [5.74, 6) is 0. The number of likely N-dealkylation sites (tertiary alicyclic amines) is 1. The van der Waals surface area contributed by atoms with E-state index < -0.39 is 10.0 Å². The summed E-state index contributed by atoms with van der Waals surface area (Å²) in [7, 11) is -1.66. The molecule has 0 aliphatic carbocycles. The number of rotatable bonds is 5. The molecule has 3 heterocycles. The van der Waals surface area contributed by atoms with Gasteiger partial charge in [0.15, 0.2) is 0 Å². The number of benzene rings is 2. The normalized spacial score (nSPS) is 23.9. The van der Waals surface area contributed by atoms with Crippen molar-refractivity contribution in [1.82, 2.24) is 9.47 Å². The van der Waals surface area contributed by atoms with Crippen LogP contribution in [-0.4, -0.2) is 37.0 Å². The van der Waals surface area contributed by atoms with Crippen LogP contribution in [0.2, 0.25) is 0 Å². The summed E-state index contributed by atoms with van der Waals surface area (Å²) in [5, 5.41) is 10.4. The van der Waals surface area contributed by atoms with E-state index in [1.807, 2.05) is 6.07 Å². The SMILES string of the molecule is C[C@H]1CCCN1CCC1(c2cn(C)c3ccccc23)Cc2ccc(S(N)(=O)=O)cc2N1. The molecule has 1 fully saturated rings. The highest BCUT2D eigenvalue weighted by Gasteiger charge is 2.41. The van der Waals surface area contributed by atoms with E-state index in [0.717, 1.165) is 37.2 Å². The van der Waals surface area contributed by atoms with Gasteiger partial charge in [0, 0.05) is 54.4 Å². The molecule has 1 unspecified atom stereocenters. The van der Waals surface area contributed by atoms with Crippen LogP contribution in [0, 0.1) is 0 Å². The van der Waals surface area contributed by atoms with Gasteiger partial charge in [-0.2, -0.15) is 0 Å². The molecule has 3 N–H and O–H groups in total. The summed E-state index contributed by atoms with van der Waals surface area (Å²) in [4.78, 5) is 2.73. The van der Waals surface area contributed by atoms with Gasteiger partial charge in [0.2, 0.25) is 10.0 Å². The lowest BCUT2D eigenvalue weighted by atomic mass is 9.83. The number of aryl methyl sites for hydroxylation is 1. The highest BCUT2D eigenvalue weighted by molar-refractivity contribution is 7.89. The number of sulfonamides is 1. The number of anilines is 1. The second kappa shape index (κ2) is 7.36. The first-order valence-corrected chi connectivity index (χ1v) is 12.5. The Morgan fingerprint density at radius 3 is 2.77 bits per heavy atom. The number of hydrogen-bond acceptors (Lipinski definition) is 4. The minimum absolute atomic E-state index is 0.153. The van der Waals surface area contributed by atoms with Gasteiger partial charge in [-0.3, -0.25) is 0 Å². The predicted octanol–water partition coefficient (Wildman–Crippen LogP) is 3.56.